The van der Waals surface area contributed by atoms with Crippen LogP contribution in [0.15, 0.2) is 24.3 Å². The van der Waals surface area contributed by atoms with E-state index in [0.717, 1.165) is 0 Å². The van der Waals surface area contributed by atoms with Crippen molar-refractivity contribution in [1.82, 2.24) is 0 Å². The van der Waals surface area contributed by atoms with Gasteiger partial charge in [-0.05, 0) is 12.0 Å². The second kappa shape index (κ2) is 2.24. The third kappa shape index (κ3) is 0.816. The van der Waals surface area contributed by atoms with Crippen LogP contribution in [0.5, 0.6) is 0 Å². The Bertz CT molecular complexity index is 242. The van der Waals surface area contributed by atoms with Crippen molar-refractivity contribution in [1.29, 1.82) is 0 Å². The number of hydrogen-bond donors (Lipinski definition) is 0. The predicted octanol–water partition coefficient (Wildman–Crippen LogP) is 1.31. The molecule has 52 valence electrons. The van der Waals surface area contributed by atoms with Gasteiger partial charge in [0.05, 0.1) is 8.80 Å². The van der Waals surface area contributed by atoms with Crippen molar-refractivity contribution in [2.45, 2.75) is 19.0 Å². The SMILES string of the molecule is C[Si@@H]1CCc2ccccc21. The van der Waals surface area contributed by atoms with Crippen molar-refractivity contribution in [2.24, 2.45) is 0 Å². The summed E-state index contributed by atoms with van der Waals surface area (Å²) in [7, 11) is -0.447. The first-order valence-corrected chi connectivity index (χ1v) is 6.50. The molecule has 0 aromatic heterocycles. The minimum atomic E-state index is -0.447. The minimum Gasteiger partial charge on any atom is -0.0680 e. The second-order valence-electron chi connectivity index (χ2n) is 3.14. The van der Waals surface area contributed by atoms with Crippen LogP contribution in [0.3, 0.4) is 0 Å². The molecule has 0 spiro atoms. The Labute approximate surface area is 63.5 Å². The van der Waals surface area contributed by atoms with Crippen molar-refractivity contribution in [2.75, 3.05) is 0 Å². The molecule has 1 aromatic rings. The lowest BCUT2D eigenvalue weighted by atomic mass is 10.2. The van der Waals surface area contributed by atoms with Gasteiger partial charge >= 0.3 is 0 Å². The van der Waals surface area contributed by atoms with Gasteiger partial charge in [0.2, 0.25) is 0 Å². The molecule has 0 bridgehead atoms. The molecular formula is C9H12Si. The van der Waals surface area contributed by atoms with Crippen LogP contribution in [0.2, 0.25) is 12.6 Å². The fourth-order valence-electron chi connectivity index (χ4n) is 1.77. The van der Waals surface area contributed by atoms with Crippen molar-refractivity contribution in [3.8, 4) is 0 Å². The van der Waals surface area contributed by atoms with Gasteiger partial charge in [0.15, 0.2) is 0 Å². The summed E-state index contributed by atoms with van der Waals surface area (Å²) in [5.74, 6) is 0. The summed E-state index contributed by atoms with van der Waals surface area (Å²) in [6.07, 6.45) is 1.35. The molecule has 0 saturated carbocycles. The van der Waals surface area contributed by atoms with Crippen molar-refractivity contribution >= 4 is 14.0 Å². The van der Waals surface area contributed by atoms with E-state index in [0.29, 0.717) is 0 Å². The highest BCUT2D eigenvalue weighted by Gasteiger charge is 2.17. The van der Waals surface area contributed by atoms with E-state index in [2.05, 4.69) is 30.8 Å². The van der Waals surface area contributed by atoms with E-state index in [9.17, 15) is 0 Å². The van der Waals surface area contributed by atoms with Gasteiger partial charge < -0.3 is 0 Å². The first-order valence-electron chi connectivity index (χ1n) is 3.96. The molecule has 1 atom stereocenters. The Morgan fingerprint density at radius 2 is 2.10 bits per heavy atom. The zero-order valence-corrected chi connectivity index (χ0v) is 7.46. The Hall–Kier alpha value is -0.563. The lowest BCUT2D eigenvalue weighted by Crippen LogP contribution is -2.21. The maximum atomic E-state index is 2.45. The van der Waals surface area contributed by atoms with E-state index in [4.69, 9.17) is 0 Å². The Balaban J connectivity index is 2.51. The minimum absolute atomic E-state index is 0.447. The summed E-state index contributed by atoms with van der Waals surface area (Å²) in [6, 6.07) is 10.4. The lowest BCUT2D eigenvalue weighted by Gasteiger charge is -1.99. The van der Waals surface area contributed by atoms with Crippen LogP contribution in [0.25, 0.3) is 0 Å². The third-order valence-corrected chi connectivity index (χ3v) is 5.21. The van der Waals surface area contributed by atoms with Crippen molar-refractivity contribution in [3.63, 3.8) is 0 Å². The molecule has 0 amide bonds. The summed E-state index contributed by atoms with van der Waals surface area (Å²) in [6.45, 7) is 2.45. The quantitative estimate of drug-likeness (QED) is 0.487. The second-order valence-corrected chi connectivity index (χ2v) is 6.14. The number of rotatable bonds is 0. The maximum Gasteiger partial charge on any atom is 0.0684 e. The predicted molar refractivity (Wildman–Crippen MR) is 47.6 cm³/mol. The number of hydrogen-bond acceptors (Lipinski definition) is 0. The van der Waals surface area contributed by atoms with Crippen molar-refractivity contribution in [3.05, 3.63) is 29.8 Å². The molecular weight excluding hydrogens is 136 g/mol. The Morgan fingerprint density at radius 1 is 1.30 bits per heavy atom. The molecule has 1 heterocycles. The summed E-state index contributed by atoms with van der Waals surface area (Å²) < 4.78 is 0. The van der Waals surface area contributed by atoms with Gasteiger partial charge in [0.25, 0.3) is 0 Å². The lowest BCUT2D eigenvalue weighted by molar-refractivity contribution is 1.17. The van der Waals surface area contributed by atoms with Gasteiger partial charge in [-0.1, -0.05) is 42.0 Å². The van der Waals surface area contributed by atoms with Crippen LogP contribution in [0.1, 0.15) is 5.56 Å². The number of benzene rings is 1. The Kier molecular flexibility index (Phi) is 1.38. The summed E-state index contributed by atoms with van der Waals surface area (Å²) in [5.41, 5.74) is 1.63. The summed E-state index contributed by atoms with van der Waals surface area (Å²) in [5, 5.41) is 1.71. The largest absolute Gasteiger partial charge is 0.0684 e. The van der Waals surface area contributed by atoms with Crippen molar-refractivity contribution < 1.29 is 0 Å². The fourth-order valence-corrected chi connectivity index (χ4v) is 4.14. The summed E-state index contributed by atoms with van der Waals surface area (Å²) in [4.78, 5) is 0. The average molecular weight is 148 g/mol. The standard InChI is InChI=1S/C9H12Si/c1-10-7-6-8-4-2-3-5-9(8)10/h2-5,10H,6-7H2,1H3/t10-/m1/s1. The molecule has 0 nitrogen and oxygen atoms in total. The van der Waals surface area contributed by atoms with E-state index in [1.807, 2.05) is 0 Å². The van der Waals surface area contributed by atoms with Crippen LogP contribution >= 0.6 is 0 Å². The number of aryl methyl sites for hydroxylation is 1. The van der Waals surface area contributed by atoms with Crippen LogP contribution < -0.4 is 5.19 Å². The highest BCUT2D eigenvalue weighted by atomic mass is 28.3. The Morgan fingerprint density at radius 3 is 2.90 bits per heavy atom. The van der Waals surface area contributed by atoms with Gasteiger partial charge in [-0.3, -0.25) is 0 Å². The molecule has 10 heavy (non-hydrogen) atoms. The van der Waals surface area contributed by atoms with E-state index >= 15 is 0 Å². The first kappa shape index (κ1) is 6.17. The van der Waals surface area contributed by atoms with E-state index in [1.54, 1.807) is 10.8 Å². The van der Waals surface area contributed by atoms with Crippen LogP contribution in [-0.2, 0) is 6.42 Å². The molecule has 0 unspecified atom stereocenters. The van der Waals surface area contributed by atoms with Crippen LogP contribution in [0, 0.1) is 0 Å². The molecule has 0 fully saturated rings. The van der Waals surface area contributed by atoms with Gasteiger partial charge in [-0.25, -0.2) is 0 Å². The van der Waals surface area contributed by atoms with Gasteiger partial charge in [0.1, 0.15) is 0 Å². The monoisotopic (exact) mass is 148 g/mol. The average Bonchev–Trinajstić information content (AvgIpc) is 2.34. The molecule has 0 radical (unpaired) electrons. The molecule has 0 aliphatic carbocycles. The zero-order valence-electron chi connectivity index (χ0n) is 6.30. The molecule has 1 aliphatic heterocycles. The van der Waals surface area contributed by atoms with Gasteiger partial charge in [-0.2, -0.15) is 0 Å². The van der Waals surface area contributed by atoms with E-state index in [1.165, 1.54) is 12.5 Å². The number of fused-ring (bicyclic) bond motifs is 1. The van der Waals surface area contributed by atoms with Crippen LogP contribution in [-0.4, -0.2) is 8.80 Å². The molecule has 0 N–H and O–H groups in total. The van der Waals surface area contributed by atoms with Crippen LogP contribution in [0.4, 0.5) is 0 Å². The van der Waals surface area contributed by atoms with E-state index < -0.39 is 8.80 Å². The molecule has 1 aliphatic rings. The maximum absolute atomic E-state index is 2.45. The normalized spacial score (nSPS) is 22.7. The zero-order chi connectivity index (χ0) is 6.97. The molecule has 1 aromatic carbocycles. The van der Waals surface area contributed by atoms with Gasteiger partial charge in [0, 0.05) is 0 Å². The van der Waals surface area contributed by atoms with E-state index in [-0.39, 0.29) is 0 Å². The first-order chi connectivity index (χ1) is 4.88. The fraction of sp³-hybridized carbons (Fsp3) is 0.333. The van der Waals surface area contributed by atoms with Gasteiger partial charge in [-0.15, -0.1) is 0 Å². The molecule has 0 saturated heterocycles. The third-order valence-electron chi connectivity index (χ3n) is 2.43. The topological polar surface area (TPSA) is 0 Å². The molecule has 1 heteroatoms. The highest BCUT2D eigenvalue weighted by Crippen LogP contribution is 2.12. The molecule has 2 rings (SSSR count). The smallest absolute Gasteiger partial charge is 0.0680 e. The summed E-state index contributed by atoms with van der Waals surface area (Å²) >= 11 is 0. The highest BCUT2D eigenvalue weighted by molar-refractivity contribution is 6.73.